The van der Waals surface area contributed by atoms with Gasteiger partial charge in [-0.25, -0.2) is 8.42 Å². The van der Waals surface area contributed by atoms with E-state index in [1.54, 1.807) is 37.3 Å². The van der Waals surface area contributed by atoms with Gasteiger partial charge in [-0.05, 0) is 36.8 Å². The number of rotatable bonds is 11. The van der Waals surface area contributed by atoms with Gasteiger partial charge in [-0.15, -0.1) is 0 Å². The molecule has 0 aromatic heterocycles. The molecular formula is C24H25ClF2NO7PS. The Morgan fingerprint density at radius 3 is 2.22 bits per heavy atom. The third-order valence-electron chi connectivity index (χ3n) is 5.39. The molecule has 0 aliphatic carbocycles. The van der Waals surface area contributed by atoms with E-state index in [0.717, 1.165) is 22.5 Å². The SMILES string of the molecule is CCOc1ccccc1CN(Cc1ccc(C(F)(F)P(=O)(O)O)c(Cl)c1)S(=O)(=O)c1ccccc1OC. The zero-order valence-corrected chi connectivity index (χ0v) is 22.3. The maximum atomic E-state index is 14.2. The minimum absolute atomic E-state index is 0.109. The highest BCUT2D eigenvalue weighted by Gasteiger charge is 2.51. The van der Waals surface area contributed by atoms with E-state index in [1.165, 1.54) is 25.3 Å². The standard InChI is InChI=1S/C24H25ClF2NO7PS/c1-3-35-21-9-5-4-8-18(21)16-28(37(32,33)23-11-7-6-10-22(23)34-2)15-17-12-13-19(20(25)14-17)24(26,27)36(29,30)31/h4-14H,3,15-16H2,1-2H3,(H2,29,30,31). The van der Waals surface area contributed by atoms with Gasteiger partial charge >= 0.3 is 13.3 Å². The summed E-state index contributed by atoms with van der Waals surface area (Å²) in [7, 11) is -8.72. The first-order chi connectivity index (χ1) is 17.3. The average Bonchev–Trinajstić information content (AvgIpc) is 2.84. The fraction of sp³-hybridized carbons (Fsp3) is 0.250. The quantitative estimate of drug-likeness (QED) is 0.296. The van der Waals surface area contributed by atoms with Crippen LogP contribution in [0.15, 0.2) is 71.6 Å². The Bertz CT molecular complexity index is 1420. The molecule has 0 bridgehead atoms. The topological polar surface area (TPSA) is 113 Å². The summed E-state index contributed by atoms with van der Waals surface area (Å²) in [6.07, 6.45) is 0. The van der Waals surface area contributed by atoms with Crippen LogP contribution in [0, 0.1) is 0 Å². The normalized spacial score (nSPS) is 12.5. The number of methoxy groups -OCH3 is 1. The average molecular weight is 576 g/mol. The summed E-state index contributed by atoms with van der Waals surface area (Å²) < 4.78 is 79.3. The molecule has 200 valence electrons. The first-order valence-electron chi connectivity index (χ1n) is 10.9. The van der Waals surface area contributed by atoms with E-state index in [2.05, 4.69) is 0 Å². The van der Waals surface area contributed by atoms with Crippen LogP contribution in [0.1, 0.15) is 23.6 Å². The Kier molecular flexibility index (Phi) is 9.00. The van der Waals surface area contributed by atoms with E-state index in [4.69, 9.17) is 30.9 Å². The third kappa shape index (κ3) is 6.31. The van der Waals surface area contributed by atoms with Gasteiger partial charge in [0.05, 0.1) is 24.3 Å². The summed E-state index contributed by atoms with van der Waals surface area (Å²) in [6, 6.07) is 15.9. The fourth-order valence-corrected chi connectivity index (χ4v) is 6.04. The second-order valence-electron chi connectivity index (χ2n) is 7.86. The smallest absolute Gasteiger partial charge is 0.399 e. The van der Waals surface area contributed by atoms with Crippen LogP contribution in [0.2, 0.25) is 5.02 Å². The van der Waals surface area contributed by atoms with Crippen molar-refractivity contribution >= 4 is 29.2 Å². The molecule has 37 heavy (non-hydrogen) atoms. The minimum Gasteiger partial charge on any atom is -0.495 e. The Morgan fingerprint density at radius 2 is 1.62 bits per heavy atom. The summed E-state index contributed by atoms with van der Waals surface area (Å²) in [5, 5.41) is -0.616. The van der Waals surface area contributed by atoms with Crippen LogP contribution in [0.5, 0.6) is 11.5 Å². The fourth-order valence-electron chi connectivity index (χ4n) is 3.58. The molecule has 8 nitrogen and oxygen atoms in total. The van der Waals surface area contributed by atoms with Crippen molar-refractivity contribution in [3.05, 3.63) is 88.4 Å². The molecule has 0 radical (unpaired) electrons. The molecule has 0 aliphatic heterocycles. The predicted molar refractivity (Wildman–Crippen MR) is 134 cm³/mol. The predicted octanol–water partition coefficient (Wildman–Crippen LogP) is 5.37. The molecule has 2 N–H and O–H groups in total. The zero-order chi connectivity index (χ0) is 27.4. The second kappa shape index (κ2) is 11.5. The number of sulfonamides is 1. The lowest BCUT2D eigenvalue weighted by Crippen LogP contribution is -2.31. The summed E-state index contributed by atoms with van der Waals surface area (Å²) in [4.78, 5) is 18.0. The maximum absolute atomic E-state index is 14.2. The van der Waals surface area contributed by atoms with Gasteiger partial charge in [-0.3, -0.25) is 4.57 Å². The van der Waals surface area contributed by atoms with Crippen LogP contribution in [0.25, 0.3) is 0 Å². The van der Waals surface area contributed by atoms with E-state index in [-0.39, 0.29) is 29.3 Å². The van der Waals surface area contributed by atoms with Gasteiger partial charge < -0.3 is 19.3 Å². The van der Waals surface area contributed by atoms with Crippen molar-refractivity contribution in [1.29, 1.82) is 0 Å². The lowest BCUT2D eigenvalue weighted by Gasteiger charge is -2.25. The number of halogens is 3. The molecule has 3 aromatic rings. The van der Waals surface area contributed by atoms with Crippen LogP contribution >= 0.6 is 19.2 Å². The Labute approximate surface area is 218 Å². The Morgan fingerprint density at radius 1 is 1.00 bits per heavy atom. The van der Waals surface area contributed by atoms with Gasteiger partial charge in [-0.2, -0.15) is 13.1 Å². The molecule has 0 spiro atoms. The highest BCUT2D eigenvalue weighted by molar-refractivity contribution is 7.89. The zero-order valence-electron chi connectivity index (χ0n) is 19.8. The molecule has 0 heterocycles. The lowest BCUT2D eigenvalue weighted by atomic mass is 10.1. The van der Waals surface area contributed by atoms with E-state index in [1.807, 2.05) is 0 Å². The van der Waals surface area contributed by atoms with E-state index >= 15 is 0 Å². The molecule has 0 unspecified atom stereocenters. The third-order valence-corrected chi connectivity index (χ3v) is 8.50. The molecule has 0 aliphatic rings. The van der Waals surface area contributed by atoms with Crippen molar-refractivity contribution in [2.24, 2.45) is 0 Å². The van der Waals surface area contributed by atoms with Gasteiger partial charge in [-0.1, -0.05) is 54.1 Å². The van der Waals surface area contributed by atoms with Gasteiger partial charge in [0.2, 0.25) is 10.0 Å². The summed E-state index contributed by atoms with van der Waals surface area (Å²) >= 11 is 5.98. The van der Waals surface area contributed by atoms with E-state index in [0.29, 0.717) is 17.9 Å². The van der Waals surface area contributed by atoms with Crippen molar-refractivity contribution in [2.45, 2.75) is 30.6 Å². The van der Waals surface area contributed by atoms with E-state index < -0.39 is 33.9 Å². The highest BCUT2D eigenvalue weighted by Crippen LogP contribution is 2.60. The van der Waals surface area contributed by atoms with Crippen molar-refractivity contribution in [3.8, 4) is 11.5 Å². The van der Waals surface area contributed by atoms with Crippen molar-refractivity contribution in [2.75, 3.05) is 13.7 Å². The van der Waals surface area contributed by atoms with Gasteiger partial charge in [0.1, 0.15) is 16.4 Å². The Hall–Kier alpha value is -2.53. The monoisotopic (exact) mass is 575 g/mol. The van der Waals surface area contributed by atoms with Gasteiger partial charge in [0, 0.05) is 18.7 Å². The highest BCUT2D eigenvalue weighted by atomic mass is 35.5. The molecule has 0 saturated carbocycles. The Balaban J connectivity index is 2.08. The van der Waals surface area contributed by atoms with Crippen molar-refractivity contribution in [3.63, 3.8) is 0 Å². The molecule has 0 saturated heterocycles. The summed E-state index contributed by atoms with van der Waals surface area (Å²) in [6.45, 7) is 1.69. The molecule has 0 amide bonds. The summed E-state index contributed by atoms with van der Waals surface area (Å²) in [5.74, 6) is 0.583. The summed E-state index contributed by atoms with van der Waals surface area (Å²) in [5.41, 5.74) is -4.81. The number of ether oxygens (including phenoxy) is 2. The first-order valence-corrected chi connectivity index (χ1v) is 14.3. The van der Waals surface area contributed by atoms with Crippen molar-refractivity contribution in [1.82, 2.24) is 4.31 Å². The number of hydrogen-bond acceptors (Lipinski definition) is 5. The molecule has 3 rings (SSSR count). The lowest BCUT2D eigenvalue weighted by molar-refractivity contribution is 0.0565. The minimum atomic E-state index is -5.85. The van der Waals surface area contributed by atoms with Crippen LogP contribution < -0.4 is 9.47 Å². The first kappa shape index (κ1) is 29.0. The maximum Gasteiger partial charge on any atom is 0.399 e. The molecule has 3 aromatic carbocycles. The largest absolute Gasteiger partial charge is 0.495 e. The second-order valence-corrected chi connectivity index (χ2v) is 11.8. The molecule has 0 atom stereocenters. The van der Waals surface area contributed by atoms with Crippen LogP contribution in [-0.2, 0) is 33.3 Å². The van der Waals surface area contributed by atoms with E-state index in [9.17, 15) is 21.8 Å². The van der Waals surface area contributed by atoms with Crippen LogP contribution in [-0.4, -0.2) is 36.2 Å². The van der Waals surface area contributed by atoms with Crippen LogP contribution in [0.4, 0.5) is 8.78 Å². The van der Waals surface area contributed by atoms with Crippen LogP contribution in [0.3, 0.4) is 0 Å². The molecule has 13 heteroatoms. The number of nitrogens with zero attached hydrogens (tertiary/aromatic N) is 1. The number of hydrogen-bond donors (Lipinski definition) is 2. The number of alkyl halides is 2. The molecular weight excluding hydrogens is 551 g/mol. The van der Waals surface area contributed by atoms with Gasteiger partial charge in [0.25, 0.3) is 0 Å². The molecule has 0 fully saturated rings. The number of para-hydroxylation sites is 2. The van der Waals surface area contributed by atoms with Crippen molar-refractivity contribution < 1.29 is 41.0 Å². The number of benzene rings is 3. The van der Waals surface area contributed by atoms with Gasteiger partial charge in [0.15, 0.2) is 0 Å².